The van der Waals surface area contributed by atoms with E-state index in [0.717, 1.165) is 43.2 Å². The van der Waals surface area contributed by atoms with Crippen LogP contribution in [-0.2, 0) is 6.42 Å². The first-order valence-electron chi connectivity index (χ1n) is 13.1. The highest BCUT2D eigenvalue weighted by molar-refractivity contribution is 5.83. The summed E-state index contributed by atoms with van der Waals surface area (Å²) in [6.07, 6.45) is 5.36. The lowest BCUT2D eigenvalue weighted by Crippen LogP contribution is -2.51. The van der Waals surface area contributed by atoms with Crippen LogP contribution in [-0.4, -0.2) is 76.4 Å². The number of rotatable bonds is 7. The van der Waals surface area contributed by atoms with E-state index in [0.29, 0.717) is 38.0 Å². The van der Waals surface area contributed by atoms with E-state index in [4.69, 9.17) is 19.8 Å². The van der Waals surface area contributed by atoms with Crippen molar-refractivity contribution >= 4 is 22.2 Å². The van der Waals surface area contributed by atoms with Crippen LogP contribution in [0.1, 0.15) is 30.5 Å². The Morgan fingerprint density at radius 2 is 2.05 bits per heavy atom. The van der Waals surface area contributed by atoms with Crippen LogP contribution in [0.2, 0.25) is 0 Å². The largest absolute Gasteiger partial charge is 0.461 e. The van der Waals surface area contributed by atoms with Crippen LogP contribution in [0.25, 0.3) is 16.4 Å². The maximum atomic E-state index is 9.22. The van der Waals surface area contributed by atoms with Crippen LogP contribution in [0.4, 0.5) is 5.82 Å². The smallest absolute Gasteiger partial charge is 0.336 e. The number of hydrogen-bond acceptors (Lipinski definition) is 8. The summed E-state index contributed by atoms with van der Waals surface area (Å²) >= 11 is 0. The number of likely N-dealkylation sites (N-methyl/N-ethyl adjacent to an activating group) is 1. The number of fused-ring (bicyclic) bond motifs is 2. The number of nitrogens with zero attached hydrogens (tertiary/aromatic N) is 7. The summed E-state index contributed by atoms with van der Waals surface area (Å²) in [4.78, 5) is 14.2. The maximum Gasteiger partial charge on any atom is 0.336 e. The average molecular weight is 497 g/mol. The van der Waals surface area contributed by atoms with Crippen molar-refractivity contribution < 1.29 is 4.74 Å². The van der Waals surface area contributed by atoms with Gasteiger partial charge in [0.2, 0.25) is 0 Å². The number of nitrogens with one attached hydrogen (secondary N) is 1. The molecule has 2 aliphatic heterocycles. The molecule has 6 rings (SSSR count). The quantitative estimate of drug-likeness (QED) is 0.417. The van der Waals surface area contributed by atoms with Gasteiger partial charge in [0.25, 0.3) is 0 Å². The molecule has 4 aromatic rings. The normalized spacial score (nSPS) is 20.5. The Morgan fingerprint density at radius 3 is 2.89 bits per heavy atom. The zero-order chi connectivity index (χ0) is 25.2. The second-order valence-corrected chi connectivity index (χ2v) is 10.1. The summed E-state index contributed by atoms with van der Waals surface area (Å²) in [5, 5.41) is 19.9. The Bertz CT molecular complexity index is 1440. The van der Waals surface area contributed by atoms with E-state index in [1.165, 1.54) is 22.8 Å². The van der Waals surface area contributed by atoms with Gasteiger partial charge in [0.05, 0.1) is 24.4 Å². The van der Waals surface area contributed by atoms with Gasteiger partial charge in [-0.3, -0.25) is 0 Å². The number of hydrogen-bond donors (Lipinski definition) is 1. The summed E-state index contributed by atoms with van der Waals surface area (Å²) in [5.41, 5.74) is 2.91. The minimum absolute atomic E-state index is 0.0947. The number of nitriles is 1. The van der Waals surface area contributed by atoms with E-state index in [1.807, 2.05) is 10.7 Å². The molecule has 2 atom stereocenters. The van der Waals surface area contributed by atoms with E-state index in [9.17, 15) is 5.26 Å². The summed E-state index contributed by atoms with van der Waals surface area (Å²) < 4.78 is 8.09. The highest BCUT2D eigenvalue weighted by Crippen LogP contribution is 2.25. The van der Waals surface area contributed by atoms with Crippen LogP contribution in [0.15, 0.2) is 48.7 Å². The molecule has 190 valence electrons. The minimum atomic E-state index is 0.0947. The molecule has 0 radical (unpaired) electrons. The predicted molar refractivity (Wildman–Crippen MR) is 143 cm³/mol. The van der Waals surface area contributed by atoms with Gasteiger partial charge < -0.3 is 19.9 Å². The third-order valence-electron chi connectivity index (χ3n) is 7.56. The Kier molecular flexibility index (Phi) is 6.60. The first kappa shape index (κ1) is 23.6. The molecule has 0 aliphatic carbocycles. The molecule has 9 heteroatoms. The summed E-state index contributed by atoms with van der Waals surface area (Å²) in [6, 6.07) is 18.1. The van der Waals surface area contributed by atoms with E-state index >= 15 is 0 Å². The van der Waals surface area contributed by atoms with E-state index in [-0.39, 0.29) is 6.04 Å². The predicted octanol–water partition coefficient (Wildman–Crippen LogP) is 3.03. The number of likely N-dealkylation sites (tertiary alicyclic amines) is 1. The molecule has 37 heavy (non-hydrogen) atoms. The number of imidazole rings is 1. The third kappa shape index (κ3) is 4.95. The molecule has 2 aromatic heterocycles. The Labute approximate surface area is 216 Å². The number of piperazine rings is 1. The monoisotopic (exact) mass is 496 g/mol. The maximum absolute atomic E-state index is 9.22. The van der Waals surface area contributed by atoms with Crippen LogP contribution < -0.4 is 15.0 Å². The second-order valence-electron chi connectivity index (χ2n) is 10.1. The van der Waals surface area contributed by atoms with Crippen molar-refractivity contribution in [2.24, 2.45) is 0 Å². The van der Waals surface area contributed by atoms with Crippen molar-refractivity contribution in [3.8, 4) is 12.1 Å². The number of benzene rings is 2. The number of aromatic nitrogens is 4. The molecule has 1 N–H and O–H groups in total. The van der Waals surface area contributed by atoms with Gasteiger partial charge in [-0.2, -0.15) is 10.2 Å². The first-order chi connectivity index (χ1) is 18.2. The molecule has 0 amide bonds. The fraction of sp³-hybridized carbons (Fsp3) is 0.429. The molecule has 0 saturated carbocycles. The Morgan fingerprint density at radius 1 is 1.16 bits per heavy atom. The van der Waals surface area contributed by atoms with Crippen molar-refractivity contribution in [1.29, 1.82) is 5.26 Å². The minimum Gasteiger partial charge on any atom is -0.461 e. The zero-order valence-corrected chi connectivity index (χ0v) is 21.2. The third-order valence-corrected chi connectivity index (χ3v) is 7.56. The van der Waals surface area contributed by atoms with Crippen LogP contribution >= 0.6 is 0 Å². The van der Waals surface area contributed by atoms with Gasteiger partial charge in [0, 0.05) is 38.1 Å². The lowest BCUT2D eigenvalue weighted by molar-refractivity contribution is 0.185. The molecule has 9 nitrogen and oxygen atoms in total. The summed E-state index contributed by atoms with van der Waals surface area (Å²) in [6.45, 7) is 3.92. The summed E-state index contributed by atoms with van der Waals surface area (Å²) in [7, 11) is 2.14. The second kappa shape index (κ2) is 10.3. The van der Waals surface area contributed by atoms with Gasteiger partial charge in [-0.1, -0.05) is 42.5 Å². The Hall–Kier alpha value is -3.74. The highest BCUT2D eigenvalue weighted by atomic mass is 16.5. The van der Waals surface area contributed by atoms with Gasteiger partial charge in [0.15, 0.2) is 11.5 Å². The van der Waals surface area contributed by atoms with Crippen LogP contribution in [0.5, 0.6) is 6.01 Å². The fourth-order valence-electron chi connectivity index (χ4n) is 5.47. The molecule has 2 fully saturated rings. The molecule has 2 saturated heterocycles. The van der Waals surface area contributed by atoms with Gasteiger partial charge in [-0.05, 0) is 42.8 Å². The number of ether oxygens (including phenoxy) is 1. The summed E-state index contributed by atoms with van der Waals surface area (Å²) in [5.74, 6) is 0.763. The molecular weight excluding hydrogens is 464 g/mol. The van der Waals surface area contributed by atoms with Crippen molar-refractivity contribution in [3.05, 3.63) is 59.9 Å². The van der Waals surface area contributed by atoms with Crippen molar-refractivity contribution in [1.82, 2.24) is 29.8 Å². The van der Waals surface area contributed by atoms with Gasteiger partial charge in [-0.15, -0.1) is 5.10 Å². The van der Waals surface area contributed by atoms with Gasteiger partial charge in [0.1, 0.15) is 6.61 Å². The van der Waals surface area contributed by atoms with Gasteiger partial charge >= 0.3 is 6.01 Å². The molecule has 2 aromatic carbocycles. The highest BCUT2D eigenvalue weighted by Gasteiger charge is 2.26. The van der Waals surface area contributed by atoms with E-state index in [2.05, 4.69) is 70.7 Å². The van der Waals surface area contributed by atoms with Crippen molar-refractivity contribution in [3.63, 3.8) is 0 Å². The van der Waals surface area contributed by atoms with Crippen LogP contribution in [0.3, 0.4) is 0 Å². The Balaban J connectivity index is 1.34. The van der Waals surface area contributed by atoms with Gasteiger partial charge in [-0.25, -0.2) is 9.50 Å². The molecule has 0 bridgehead atoms. The molecule has 2 unspecified atom stereocenters. The lowest BCUT2D eigenvalue weighted by Gasteiger charge is -2.33. The van der Waals surface area contributed by atoms with Crippen molar-refractivity contribution in [2.45, 2.75) is 37.8 Å². The zero-order valence-electron chi connectivity index (χ0n) is 21.2. The van der Waals surface area contributed by atoms with Crippen LogP contribution in [0, 0.1) is 11.3 Å². The molecule has 4 heterocycles. The lowest BCUT2D eigenvalue weighted by atomic mass is 10.0. The molecule has 0 spiro atoms. The SMILES string of the molecule is CN1CCCC1COc1nc(N2CCNC(CC#N)C2)c2ncc(Cc3ccc4ccccc4c3)n2n1. The van der Waals surface area contributed by atoms with Crippen molar-refractivity contribution in [2.75, 3.05) is 44.7 Å². The standard InChI is InChI=1S/C28H32N8O/c1-34-13-4-7-24(34)19-37-28-32-27(35-14-12-30-23(18-35)10-11-29)26-31-17-25(36(26)33-28)16-20-8-9-21-5-2-3-6-22(21)15-20/h2-3,5-6,8-9,15,17,23-24,30H,4,7,10,12-14,16,18-19H2,1H3. The first-order valence-corrected chi connectivity index (χ1v) is 13.1. The average Bonchev–Trinajstić information content (AvgIpc) is 3.53. The molecule has 2 aliphatic rings. The fourth-order valence-corrected chi connectivity index (χ4v) is 5.47. The number of anilines is 1. The topological polar surface area (TPSA) is 94.6 Å². The molecular formula is C28H32N8O. The van der Waals surface area contributed by atoms with E-state index in [1.54, 1.807) is 0 Å². The van der Waals surface area contributed by atoms with E-state index < -0.39 is 0 Å².